The second-order valence-electron chi connectivity index (χ2n) is 4.63. The molecule has 0 aliphatic heterocycles. The summed E-state index contributed by atoms with van der Waals surface area (Å²) in [4.78, 5) is 28.4. The van der Waals surface area contributed by atoms with Gasteiger partial charge in [0.25, 0.3) is 0 Å². The average molecular weight is 265 g/mol. The Bertz CT molecular complexity index is 450. The van der Waals surface area contributed by atoms with E-state index in [2.05, 4.69) is 10.3 Å². The van der Waals surface area contributed by atoms with Crippen molar-refractivity contribution < 1.29 is 14.7 Å². The van der Waals surface area contributed by atoms with E-state index < -0.39 is 17.5 Å². The molecule has 0 aliphatic rings. The van der Waals surface area contributed by atoms with Gasteiger partial charge < -0.3 is 15.3 Å². The summed E-state index contributed by atoms with van der Waals surface area (Å²) >= 11 is 0. The zero-order valence-corrected chi connectivity index (χ0v) is 11.4. The highest BCUT2D eigenvalue weighted by Crippen LogP contribution is 2.10. The molecule has 104 valence electrons. The van der Waals surface area contributed by atoms with Crippen LogP contribution in [0.15, 0.2) is 24.5 Å². The number of hydrogen-bond donors (Lipinski definition) is 2. The van der Waals surface area contributed by atoms with Gasteiger partial charge in [-0.15, -0.1) is 0 Å². The number of carbonyl (C=O) groups is 2. The van der Waals surface area contributed by atoms with Crippen molar-refractivity contribution in [3.8, 4) is 0 Å². The molecule has 1 heterocycles. The number of carbonyl (C=O) groups excluding carboxylic acids is 1. The fourth-order valence-electron chi connectivity index (χ4n) is 1.46. The smallest absolute Gasteiger partial charge is 0.329 e. The first kappa shape index (κ1) is 14.9. The van der Waals surface area contributed by atoms with Crippen LogP contribution in [0.5, 0.6) is 0 Å². The van der Waals surface area contributed by atoms with Gasteiger partial charge in [-0.1, -0.05) is 6.92 Å². The first-order chi connectivity index (χ1) is 8.89. The van der Waals surface area contributed by atoms with Gasteiger partial charge in [0.15, 0.2) is 0 Å². The quantitative estimate of drug-likeness (QED) is 0.844. The van der Waals surface area contributed by atoms with Crippen LogP contribution in [0.2, 0.25) is 0 Å². The maximum atomic E-state index is 12.0. The fourth-order valence-corrected chi connectivity index (χ4v) is 1.46. The molecule has 0 bridgehead atoms. The van der Waals surface area contributed by atoms with Gasteiger partial charge in [0.05, 0.1) is 0 Å². The van der Waals surface area contributed by atoms with Gasteiger partial charge in [-0.25, -0.2) is 9.59 Å². The third-order valence-corrected chi connectivity index (χ3v) is 3.08. The number of carboxylic acid groups (broad SMARTS) is 1. The zero-order chi connectivity index (χ0) is 14.5. The van der Waals surface area contributed by atoms with Crippen LogP contribution in [0, 0.1) is 0 Å². The van der Waals surface area contributed by atoms with Crippen LogP contribution in [-0.2, 0) is 11.3 Å². The Hall–Kier alpha value is -2.11. The van der Waals surface area contributed by atoms with E-state index in [1.165, 1.54) is 11.8 Å². The Morgan fingerprint density at radius 2 is 2.00 bits per heavy atom. The van der Waals surface area contributed by atoms with E-state index in [0.717, 1.165) is 5.56 Å². The number of aromatic nitrogens is 1. The van der Waals surface area contributed by atoms with Gasteiger partial charge in [0.2, 0.25) is 0 Å². The molecule has 2 amide bonds. The summed E-state index contributed by atoms with van der Waals surface area (Å²) < 4.78 is 0. The molecule has 0 aliphatic carbocycles. The zero-order valence-electron chi connectivity index (χ0n) is 11.4. The molecule has 6 nitrogen and oxygen atoms in total. The molecule has 0 spiro atoms. The summed E-state index contributed by atoms with van der Waals surface area (Å²) in [5.74, 6) is -1.04. The van der Waals surface area contributed by atoms with Gasteiger partial charge in [-0.2, -0.15) is 0 Å². The molecule has 1 unspecified atom stereocenters. The molecule has 0 radical (unpaired) electrons. The maximum Gasteiger partial charge on any atom is 0.329 e. The minimum atomic E-state index is -1.25. The number of amides is 2. The number of nitrogens with zero attached hydrogens (tertiary/aromatic N) is 2. The largest absolute Gasteiger partial charge is 0.480 e. The van der Waals surface area contributed by atoms with E-state index in [1.807, 2.05) is 0 Å². The predicted octanol–water partition coefficient (Wildman–Crippen LogP) is 1.48. The first-order valence-corrected chi connectivity index (χ1v) is 6.04. The summed E-state index contributed by atoms with van der Waals surface area (Å²) in [5.41, 5.74) is -0.315. The Morgan fingerprint density at radius 1 is 1.42 bits per heavy atom. The molecule has 6 heteroatoms. The first-order valence-electron chi connectivity index (χ1n) is 6.04. The molecule has 0 fully saturated rings. The number of urea groups is 1. The molecular formula is C13H19N3O3. The van der Waals surface area contributed by atoms with Gasteiger partial charge in [0, 0.05) is 26.0 Å². The molecular weight excluding hydrogens is 246 g/mol. The van der Waals surface area contributed by atoms with Crippen molar-refractivity contribution in [2.45, 2.75) is 32.4 Å². The number of hydrogen-bond acceptors (Lipinski definition) is 3. The minimum Gasteiger partial charge on any atom is -0.480 e. The summed E-state index contributed by atoms with van der Waals surface area (Å²) in [5, 5.41) is 11.6. The number of aliphatic carboxylic acids is 1. The van der Waals surface area contributed by atoms with Gasteiger partial charge >= 0.3 is 12.0 Å². The number of carboxylic acids is 1. The Morgan fingerprint density at radius 3 is 2.47 bits per heavy atom. The van der Waals surface area contributed by atoms with Gasteiger partial charge in [-0.3, -0.25) is 4.98 Å². The lowest BCUT2D eigenvalue weighted by atomic mass is 10.00. The van der Waals surface area contributed by atoms with E-state index in [-0.39, 0.29) is 0 Å². The maximum absolute atomic E-state index is 12.0. The van der Waals surface area contributed by atoms with E-state index in [9.17, 15) is 9.59 Å². The molecule has 1 atom stereocenters. The van der Waals surface area contributed by atoms with E-state index in [4.69, 9.17) is 5.11 Å². The third kappa shape index (κ3) is 3.94. The normalized spacial score (nSPS) is 13.4. The van der Waals surface area contributed by atoms with E-state index in [0.29, 0.717) is 13.0 Å². The second-order valence-corrected chi connectivity index (χ2v) is 4.63. The van der Waals surface area contributed by atoms with Crippen LogP contribution in [0.1, 0.15) is 25.8 Å². The molecule has 1 aromatic heterocycles. The molecule has 2 N–H and O–H groups in total. The topological polar surface area (TPSA) is 82.5 Å². The highest BCUT2D eigenvalue weighted by molar-refractivity contribution is 5.85. The Balaban J connectivity index is 2.65. The molecule has 0 saturated carbocycles. The summed E-state index contributed by atoms with van der Waals surface area (Å²) in [6.07, 6.45) is 3.61. The Kier molecular flexibility index (Phi) is 4.86. The fraction of sp³-hybridized carbons (Fsp3) is 0.462. The SMILES string of the molecule is CCC(C)(NC(=O)N(C)Cc1ccncc1)C(=O)O. The summed E-state index contributed by atoms with van der Waals surface area (Å²) in [6, 6.07) is 3.20. The summed E-state index contributed by atoms with van der Waals surface area (Å²) in [7, 11) is 1.62. The second kappa shape index (κ2) is 6.17. The van der Waals surface area contributed by atoms with Gasteiger partial charge in [-0.05, 0) is 31.0 Å². The average Bonchev–Trinajstić information content (AvgIpc) is 2.39. The van der Waals surface area contributed by atoms with Crippen molar-refractivity contribution in [1.82, 2.24) is 15.2 Å². The number of rotatable bonds is 5. The van der Waals surface area contributed by atoms with E-state index >= 15 is 0 Å². The lowest BCUT2D eigenvalue weighted by Crippen LogP contribution is -2.54. The third-order valence-electron chi connectivity index (χ3n) is 3.08. The van der Waals surface area contributed by atoms with Crippen molar-refractivity contribution in [2.24, 2.45) is 0 Å². The van der Waals surface area contributed by atoms with Gasteiger partial charge in [0.1, 0.15) is 5.54 Å². The lowest BCUT2D eigenvalue weighted by molar-refractivity contribution is -0.143. The monoisotopic (exact) mass is 265 g/mol. The van der Waals surface area contributed by atoms with Crippen LogP contribution in [0.25, 0.3) is 0 Å². The molecule has 19 heavy (non-hydrogen) atoms. The van der Waals surface area contributed by atoms with Crippen molar-refractivity contribution in [1.29, 1.82) is 0 Å². The minimum absolute atomic E-state index is 0.317. The summed E-state index contributed by atoms with van der Waals surface area (Å²) in [6.45, 7) is 3.61. The van der Waals surface area contributed by atoms with Crippen molar-refractivity contribution in [3.63, 3.8) is 0 Å². The highest BCUT2D eigenvalue weighted by Gasteiger charge is 2.33. The Labute approximate surface area is 112 Å². The predicted molar refractivity (Wildman–Crippen MR) is 70.6 cm³/mol. The van der Waals surface area contributed by atoms with Crippen molar-refractivity contribution in [2.75, 3.05) is 7.05 Å². The van der Waals surface area contributed by atoms with Crippen LogP contribution in [0.4, 0.5) is 4.79 Å². The van der Waals surface area contributed by atoms with E-state index in [1.54, 1.807) is 38.5 Å². The lowest BCUT2D eigenvalue weighted by Gasteiger charge is -2.28. The number of pyridine rings is 1. The van der Waals surface area contributed by atoms with Crippen molar-refractivity contribution in [3.05, 3.63) is 30.1 Å². The van der Waals surface area contributed by atoms with Crippen LogP contribution in [-0.4, -0.2) is 39.6 Å². The highest BCUT2D eigenvalue weighted by atomic mass is 16.4. The standard InChI is InChI=1S/C13H19N3O3/c1-4-13(2,11(17)18)15-12(19)16(3)9-10-5-7-14-8-6-10/h5-8H,4,9H2,1-3H3,(H,15,19)(H,17,18). The molecule has 1 rings (SSSR count). The number of nitrogens with one attached hydrogen (secondary N) is 1. The van der Waals surface area contributed by atoms with Crippen molar-refractivity contribution >= 4 is 12.0 Å². The van der Waals surface area contributed by atoms with Crippen LogP contribution in [0.3, 0.4) is 0 Å². The molecule has 1 aromatic rings. The molecule has 0 aromatic carbocycles. The molecule has 0 saturated heterocycles. The van der Waals surface area contributed by atoms with Crippen LogP contribution < -0.4 is 5.32 Å². The van der Waals surface area contributed by atoms with Crippen LogP contribution >= 0.6 is 0 Å².